The molecule has 0 aromatic heterocycles. The Balaban J connectivity index is 1.35. The first kappa shape index (κ1) is 26.5. The topological polar surface area (TPSA) is 91.6 Å². The van der Waals surface area contributed by atoms with Crippen molar-refractivity contribution in [2.75, 3.05) is 33.9 Å². The van der Waals surface area contributed by atoms with Gasteiger partial charge in [0.2, 0.25) is 0 Å². The summed E-state index contributed by atoms with van der Waals surface area (Å²) in [6.45, 7) is 1.81. The molecular weight excluding hydrogens is 518 g/mol. The maximum absolute atomic E-state index is 12.9. The monoisotopic (exact) mass is 561 g/mol. The smallest absolute Gasteiger partial charge is 0.165 e. The fourth-order valence-electron chi connectivity index (χ4n) is 10.5. The summed E-state index contributed by atoms with van der Waals surface area (Å²) >= 11 is 0. The Morgan fingerprint density at radius 2 is 1.90 bits per heavy atom. The number of hydrogen-bond acceptors (Lipinski definition) is 7. The van der Waals surface area contributed by atoms with Crippen molar-refractivity contribution < 1.29 is 29.5 Å². The van der Waals surface area contributed by atoms with Crippen LogP contribution in [0.5, 0.6) is 11.5 Å². The third-order valence-electron chi connectivity index (χ3n) is 12.2. The van der Waals surface area contributed by atoms with Gasteiger partial charge >= 0.3 is 0 Å². The third kappa shape index (κ3) is 3.38. The number of hydrogen-bond donors (Lipinski definition) is 3. The van der Waals surface area contributed by atoms with Crippen LogP contribution in [-0.2, 0) is 15.8 Å². The van der Waals surface area contributed by atoms with Crippen molar-refractivity contribution in [1.29, 1.82) is 0 Å². The summed E-state index contributed by atoms with van der Waals surface area (Å²) in [5.74, 6) is 2.77. The predicted molar refractivity (Wildman–Crippen MR) is 153 cm³/mol. The molecule has 7 aliphatic rings. The van der Waals surface area contributed by atoms with Crippen LogP contribution in [0.2, 0.25) is 0 Å². The number of rotatable bonds is 9. The number of piperidine rings is 1. The van der Waals surface area contributed by atoms with E-state index >= 15 is 0 Å². The second-order valence-corrected chi connectivity index (χ2v) is 13.8. The van der Waals surface area contributed by atoms with Gasteiger partial charge in [-0.1, -0.05) is 36.4 Å². The average molecular weight is 562 g/mol. The maximum atomic E-state index is 12.9. The molecule has 220 valence electrons. The van der Waals surface area contributed by atoms with Crippen molar-refractivity contribution in [2.45, 2.75) is 85.7 Å². The summed E-state index contributed by atoms with van der Waals surface area (Å²) in [6.07, 6.45) is 4.86. The van der Waals surface area contributed by atoms with E-state index in [1.807, 2.05) is 30.3 Å². The molecule has 7 bridgehead atoms. The summed E-state index contributed by atoms with van der Waals surface area (Å²) in [5, 5.41) is 33.7. The number of aliphatic hydroxyl groups excluding tert-OH is 2. The molecule has 0 amide bonds. The van der Waals surface area contributed by atoms with E-state index in [2.05, 4.69) is 17.0 Å². The fourth-order valence-corrected chi connectivity index (χ4v) is 10.5. The summed E-state index contributed by atoms with van der Waals surface area (Å²) in [5.41, 5.74) is 1.14. The van der Waals surface area contributed by atoms with Gasteiger partial charge in [0.25, 0.3) is 0 Å². The van der Waals surface area contributed by atoms with Crippen LogP contribution in [-0.4, -0.2) is 78.0 Å². The number of likely N-dealkylation sites (tertiary alicyclic amines) is 1. The molecule has 0 radical (unpaired) electrons. The van der Waals surface area contributed by atoms with Crippen LogP contribution < -0.4 is 9.47 Å². The molecule has 3 saturated carbocycles. The van der Waals surface area contributed by atoms with Gasteiger partial charge in [0, 0.05) is 48.9 Å². The molecule has 1 spiro atoms. The summed E-state index contributed by atoms with van der Waals surface area (Å²) in [4.78, 5) is 2.80. The molecule has 7 heteroatoms. The van der Waals surface area contributed by atoms with Gasteiger partial charge in [0.05, 0.1) is 25.4 Å². The van der Waals surface area contributed by atoms with E-state index in [4.69, 9.17) is 14.2 Å². The van der Waals surface area contributed by atoms with Crippen LogP contribution in [0.15, 0.2) is 42.5 Å². The van der Waals surface area contributed by atoms with Crippen LogP contribution in [0, 0.1) is 17.8 Å². The lowest BCUT2D eigenvalue weighted by Crippen LogP contribution is -2.77. The largest absolute Gasteiger partial charge is 0.493 e. The Hall–Kier alpha value is -2.16. The predicted octanol–water partition coefficient (Wildman–Crippen LogP) is 3.72. The third-order valence-corrected chi connectivity index (χ3v) is 12.2. The molecule has 9 atom stereocenters. The van der Waals surface area contributed by atoms with Gasteiger partial charge in [-0.15, -0.1) is 0 Å². The molecule has 9 rings (SSSR count). The number of aliphatic hydroxyl groups is 3. The van der Waals surface area contributed by atoms with E-state index in [9.17, 15) is 15.3 Å². The maximum Gasteiger partial charge on any atom is 0.165 e. The zero-order valence-electron chi connectivity index (χ0n) is 24.2. The molecule has 1 saturated heterocycles. The highest BCUT2D eigenvalue weighted by molar-refractivity contribution is 5.63. The minimum Gasteiger partial charge on any atom is -0.493 e. The first-order valence-electron chi connectivity index (χ1n) is 15.6. The van der Waals surface area contributed by atoms with Crippen LogP contribution >= 0.6 is 0 Å². The van der Waals surface area contributed by atoms with Crippen molar-refractivity contribution in [2.24, 2.45) is 17.8 Å². The first-order valence-corrected chi connectivity index (χ1v) is 15.6. The molecule has 3 N–H and O–H groups in total. The lowest BCUT2D eigenvalue weighted by Gasteiger charge is -2.69. The molecule has 4 fully saturated rings. The fraction of sp³-hybridized carbons (Fsp3) is 0.647. The van der Waals surface area contributed by atoms with Gasteiger partial charge in [-0.05, 0) is 74.1 Å². The molecule has 2 aromatic rings. The van der Waals surface area contributed by atoms with E-state index in [1.165, 1.54) is 24.0 Å². The zero-order valence-corrected chi connectivity index (χ0v) is 24.2. The van der Waals surface area contributed by atoms with Gasteiger partial charge in [0.15, 0.2) is 11.5 Å². The van der Waals surface area contributed by atoms with Crippen LogP contribution in [0.25, 0.3) is 0 Å². The van der Waals surface area contributed by atoms with E-state index < -0.39 is 23.9 Å². The lowest BCUT2D eigenvalue weighted by atomic mass is 9.41. The van der Waals surface area contributed by atoms with Gasteiger partial charge < -0.3 is 29.5 Å². The average Bonchev–Trinajstić information content (AvgIpc) is 3.74. The van der Waals surface area contributed by atoms with Gasteiger partial charge in [0.1, 0.15) is 11.7 Å². The van der Waals surface area contributed by atoms with Crippen molar-refractivity contribution >= 4 is 0 Å². The second-order valence-electron chi connectivity index (χ2n) is 13.8. The molecule has 7 nitrogen and oxygen atoms in total. The summed E-state index contributed by atoms with van der Waals surface area (Å²) < 4.78 is 19.8. The summed E-state index contributed by atoms with van der Waals surface area (Å²) in [7, 11) is 3.51. The number of benzene rings is 2. The number of ether oxygens (including phenoxy) is 3. The molecule has 2 aromatic carbocycles. The Morgan fingerprint density at radius 1 is 1.10 bits per heavy atom. The van der Waals surface area contributed by atoms with Gasteiger partial charge in [-0.25, -0.2) is 0 Å². The first-order chi connectivity index (χ1) is 19.9. The molecule has 5 aliphatic carbocycles. The standard InChI is InChI=1S/C34H43NO6/c1-39-26-11-10-23-24-12-13-34(40-2)27(33(38,17-22(37)19-36)21-6-4-3-5-7-21)16-25-29(24)35(18-20-8-9-20)15-14-32(25)28(23)30(26)41-31(32)34/h3-7,10-11,20,22,24-25,27,29,31,36-38H,8-9,12-19H2,1-2H3/t22?,24?,25-,27-,29-,31-,32+,33+,34-/m1/s1. The van der Waals surface area contributed by atoms with Crippen LogP contribution in [0.3, 0.4) is 0 Å². The Labute approximate surface area is 242 Å². The van der Waals surface area contributed by atoms with Crippen molar-refractivity contribution in [3.05, 3.63) is 59.2 Å². The molecule has 2 heterocycles. The summed E-state index contributed by atoms with van der Waals surface area (Å²) in [6, 6.07) is 14.5. The van der Waals surface area contributed by atoms with Crippen molar-refractivity contribution in [3.8, 4) is 11.5 Å². The number of fused-ring (bicyclic) bond motifs is 1. The van der Waals surface area contributed by atoms with E-state index in [0.717, 1.165) is 61.8 Å². The minimum atomic E-state index is -1.41. The van der Waals surface area contributed by atoms with E-state index in [-0.39, 0.29) is 29.8 Å². The van der Waals surface area contributed by atoms with Gasteiger partial charge in [-0.2, -0.15) is 0 Å². The van der Waals surface area contributed by atoms with Gasteiger partial charge in [-0.3, -0.25) is 4.90 Å². The Kier molecular flexibility index (Phi) is 5.92. The SMILES string of the molecule is COc1ccc2c3c1O[C@H]1[C@@]4(OC)CCC2[C@@H]2[C@@H](C[C@@H]4[C@](O)(CC(O)CO)c4ccccc4)[C@@]31CCN2CC1CC1. The highest BCUT2D eigenvalue weighted by atomic mass is 16.6. The van der Waals surface area contributed by atoms with E-state index in [1.54, 1.807) is 14.2 Å². The molecular formula is C34H43NO6. The lowest BCUT2D eigenvalue weighted by molar-refractivity contribution is -0.263. The highest BCUT2D eigenvalue weighted by Gasteiger charge is 2.77. The van der Waals surface area contributed by atoms with Crippen molar-refractivity contribution in [3.63, 3.8) is 0 Å². The number of methoxy groups -OCH3 is 2. The normalized spacial score (nSPS) is 38.6. The quantitative estimate of drug-likeness (QED) is 0.430. The Bertz CT molecular complexity index is 1330. The Morgan fingerprint density at radius 3 is 2.61 bits per heavy atom. The molecule has 2 aliphatic heterocycles. The van der Waals surface area contributed by atoms with Crippen LogP contribution in [0.4, 0.5) is 0 Å². The number of nitrogens with zero attached hydrogens (tertiary/aromatic N) is 1. The van der Waals surface area contributed by atoms with Crippen molar-refractivity contribution in [1.82, 2.24) is 4.90 Å². The highest BCUT2D eigenvalue weighted by Crippen LogP contribution is 2.73. The van der Waals surface area contributed by atoms with E-state index in [0.29, 0.717) is 12.0 Å². The molecule has 41 heavy (non-hydrogen) atoms. The minimum absolute atomic E-state index is 0.0388. The zero-order chi connectivity index (χ0) is 28.1. The molecule has 2 unspecified atom stereocenters. The van der Waals surface area contributed by atoms with Crippen LogP contribution in [0.1, 0.15) is 67.6 Å². The second kappa shape index (κ2) is 9.17.